The maximum absolute atomic E-state index is 11.0. The molecule has 1 nitrogen and oxygen atoms in total. The van der Waals surface area contributed by atoms with Crippen molar-refractivity contribution in [2.45, 2.75) is 30.9 Å². The zero-order valence-electron chi connectivity index (χ0n) is 5.92. The summed E-state index contributed by atoms with van der Waals surface area (Å²) in [5, 5.41) is 0.540. The van der Waals surface area contributed by atoms with E-state index in [9.17, 15) is 4.79 Å². The molecule has 0 aliphatic heterocycles. The van der Waals surface area contributed by atoms with Crippen LogP contribution in [0.25, 0.3) is 0 Å². The van der Waals surface area contributed by atoms with Crippen LogP contribution in [0.5, 0.6) is 0 Å². The molecule has 0 radical (unpaired) electrons. The molecule has 2 heteroatoms. The minimum absolute atomic E-state index is 0.470. The number of carbonyl (C=O) groups is 1. The summed E-state index contributed by atoms with van der Waals surface area (Å²) < 4.78 is 0. The lowest BCUT2D eigenvalue weighted by molar-refractivity contribution is -0.121. The number of Topliss-reactive ketones (excluding diaryl/α,β-unsaturated/α-hetero) is 1. The van der Waals surface area contributed by atoms with Crippen LogP contribution in [-0.4, -0.2) is 11.0 Å². The van der Waals surface area contributed by atoms with Crippen molar-refractivity contribution in [2.75, 3.05) is 0 Å². The Balaban J connectivity index is 2.16. The molecule has 0 aromatic carbocycles. The highest BCUT2D eigenvalue weighted by atomic mass is 32.1. The maximum atomic E-state index is 11.0. The lowest BCUT2D eigenvalue weighted by Crippen LogP contribution is -2.26. The number of fused-ring (bicyclic) bond motifs is 2. The normalized spacial score (nSPS) is 46.1. The van der Waals surface area contributed by atoms with Gasteiger partial charge in [-0.1, -0.05) is 0 Å². The molecule has 0 N–H and O–H groups in total. The number of hydrogen-bond donors (Lipinski definition) is 1. The first kappa shape index (κ1) is 6.71. The van der Waals surface area contributed by atoms with Crippen molar-refractivity contribution in [3.05, 3.63) is 0 Å². The summed E-state index contributed by atoms with van der Waals surface area (Å²) in [7, 11) is 0. The molecule has 2 aliphatic rings. The zero-order valence-corrected chi connectivity index (χ0v) is 6.81. The lowest BCUT2D eigenvalue weighted by Gasteiger charge is -2.24. The highest BCUT2D eigenvalue weighted by Crippen LogP contribution is 2.43. The van der Waals surface area contributed by atoms with E-state index in [0.29, 0.717) is 22.9 Å². The Morgan fingerprint density at radius 3 is 2.20 bits per heavy atom. The first-order valence-electron chi connectivity index (χ1n) is 3.97. The Bertz CT molecular complexity index is 151. The van der Waals surface area contributed by atoms with Gasteiger partial charge in [-0.25, -0.2) is 0 Å². The van der Waals surface area contributed by atoms with Gasteiger partial charge >= 0.3 is 0 Å². The fourth-order valence-electron chi connectivity index (χ4n) is 2.27. The van der Waals surface area contributed by atoms with Gasteiger partial charge in [0.15, 0.2) is 0 Å². The number of carbonyl (C=O) groups excluding carboxylic acids is 1. The molecule has 0 amide bonds. The monoisotopic (exact) mass is 156 g/mol. The summed E-state index contributed by atoms with van der Waals surface area (Å²) in [6.45, 7) is 0. The highest BCUT2D eigenvalue weighted by molar-refractivity contribution is 7.81. The van der Waals surface area contributed by atoms with Crippen LogP contribution in [0, 0.1) is 11.8 Å². The minimum Gasteiger partial charge on any atom is -0.300 e. The van der Waals surface area contributed by atoms with E-state index in [1.165, 1.54) is 12.8 Å². The van der Waals surface area contributed by atoms with E-state index in [1.54, 1.807) is 0 Å². The third-order valence-electron chi connectivity index (χ3n) is 2.85. The van der Waals surface area contributed by atoms with Gasteiger partial charge in [-0.2, -0.15) is 12.6 Å². The van der Waals surface area contributed by atoms with Crippen molar-refractivity contribution >= 4 is 18.4 Å². The van der Waals surface area contributed by atoms with Crippen molar-refractivity contribution in [3.8, 4) is 0 Å². The van der Waals surface area contributed by atoms with E-state index in [0.717, 1.165) is 12.8 Å². The lowest BCUT2D eigenvalue weighted by atomic mass is 9.88. The molecule has 56 valence electrons. The Morgan fingerprint density at radius 1 is 1.20 bits per heavy atom. The molecule has 2 atom stereocenters. The third kappa shape index (κ3) is 0.895. The van der Waals surface area contributed by atoms with Gasteiger partial charge in [0, 0.05) is 18.1 Å². The van der Waals surface area contributed by atoms with Gasteiger partial charge in [0.05, 0.1) is 0 Å². The van der Waals surface area contributed by atoms with Crippen molar-refractivity contribution in [3.63, 3.8) is 0 Å². The van der Waals surface area contributed by atoms with Crippen LogP contribution in [-0.2, 0) is 4.79 Å². The number of ketones is 1. The number of thiol groups is 1. The molecular weight excluding hydrogens is 144 g/mol. The van der Waals surface area contributed by atoms with Crippen LogP contribution < -0.4 is 0 Å². The Kier molecular flexibility index (Phi) is 1.52. The van der Waals surface area contributed by atoms with Crippen molar-refractivity contribution < 1.29 is 4.79 Å². The van der Waals surface area contributed by atoms with Crippen molar-refractivity contribution in [1.82, 2.24) is 0 Å². The van der Waals surface area contributed by atoms with Crippen LogP contribution >= 0.6 is 12.6 Å². The van der Waals surface area contributed by atoms with Gasteiger partial charge in [-0.15, -0.1) is 0 Å². The quantitative estimate of drug-likeness (QED) is 0.528. The highest BCUT2D eigenvalue weighted by Gasteiger charge is 2.39. The first-order chi connectivity index (χ1) is 4.77. The second kappa shape index (κ2) is 2.26. The van der Waals surface area contributed by atoms with E-state index in [2.05, 4.69) is 12.6 Å². The molecular formula is C8H12OS. The fourth-order valence-corrected chi connectivity index (χ4v) is 2.78. The summed E-state index contributed by atoms with van der Waals surface area (Å²) in [6.07, 6.45) is 4.10. The first-order valence-corrected chi connectivity index (χ1v) is 4.49. The summed E-state index contributed by atoms with van der Waals surface area (Å²) in [5.41, 5.74) is 0. The summed E-state index contributed by atoms with van der Waals surface area (Å²) >= 11 is 4.50. The van der Waals surface area contributed by atoms with E-state index < -0.39 is 0 Å². The largest absolute Gasteiger partial charge is 0.300 e. The zero-order chi connectivity index (χ0) is 7.14. The van der Waals surface area contributed by atoms with Crippen LogP contribution in [0.1, 0.15) is 25.7 Å². The van der Waals surface area contributed by atoms with Crippen LogP contribution in [0.2, 0.25) is 0 Å². The molecule has 0 aromatic rings. The molecule has 0 heterocycles. The number of rotatable bonds is 0. The molecule has 2 fully saturated rings. The average molecular weight is 156 g/mol. The van der Waals surface area contributed by atoms with Gasteiger partial charge < -0.3 is 0 Å². The third-order valence-corrected chi connectivity index (χ3v) is 3.70. The molecule has 0 aromatic heterocycles. The topological polar surface area (TPSA) is 17.1 Å². The Hall–Kier alpha value is 0.0200. The smallest absolute Gasteiger partial charge is 0.133 e. The van der Waals surface area contributed by atoms with Crippen molar-refractivity contribution in [2.24, 2.45) is 11.8 Å². The van der Waals surface area contributed by atoms with Crippen LogP contribution in [0.3, 0.4) is 0 Å². The van der Waals surface area contributed by atoms with E-state index in [-0.39, 0.29) is 0 Å². The van der Waals surface area contributed by atoms with Gasteiger partial charge in [-0.05, 0) is 24.7 Å². The number of hydrogen-bond acceptors (Lipinski definition) is 2. The van der Waals surface area contributed by atoms with Gasteiger partial charge in [0.1, 0.15) is 5.78 Å². The molecule has 2 unspecified atom stereocenters. The fraction of sp³-hybridized carbons (Fsp3) is 0.875. The predicted molar refractivity (Wildman–Crippen MR) is 43.2 cm³/mol. The van der Waals surface area contributed by atoms with Gasteiger partial charge in [0.25, 0.3) is 0 Å². The second-order valence-corrected chi connectivity index (χ2v) is 4.13. The molecule has 2 rings (SSSR count). The summed E-state index contributed by atoms with van der Waals surface area (Å²) in [4.78, 5) is 11.0. The molecule has 0 spiro atoms. The summed E-state index contributed by atoms with van der Waals surface area (Å²) in [6, 6.07) is 0. The Labute approximate surface area is 66.6 Å². The average Bonchev–Trinajstić information content (AvgIpc) is 2.20. The van der Waals surface area contributed by atoms with Crippen LogP contribution in [0.4, 0.5) is 0 Å². The maximum Gasteiger partial charge on any atom is 0.133 e. The van der Waals surface area contributed by atoms with E-state index in [4.69, 9.17) is 0 Å². The second-order valence-electron chi connectivity index (χ2n) is 3.54. The standard InChI is InChI=1S/C8H12OS/c9-7-3-5-1-2-6(4-7)8(5)10/h5-6,8,10H,1-4H2. The van der Waals surface area contributed by atoms with Gasteiger partial charge in [-0.3, -0.25) is 4.79 Å². The van der Waals surface area contributed by atoms with Gasteiger partial charge in [0.2, 0.25) is 0 Å². The predicted octanol–water partition coefficient (Wildman–Crippen LogP) is 1.67. The minimum atomic E-state index is 0.470. The van der Waals surface area contributed by atoms with Crippen LogP contribution in [0.15, 0.2) is 0 Å². The molecule has 10 heavy (non-hydrogen) atoms. The molecule has 2 aliphatic carbocycles. The molecule has 2 saturated carbocycles. The van der Waals surface area contributed by atoms with Crippen molar-refractivity contribution in [1.29, 1.82) is 0 Å². The van der Waals surface area contributed by atoms with E-state index >= 15 is 0 Å². The molecule has 2 bridgehead atoms. The SMILES string of the molecule is O=C1CC2CCC(C1)C2S. The summed E-state index contributed by atoms with van der Waals surface area (Å²) in [5.74, 6) is 1.71. The van der Waals surface area contributed by atoms with E-state index in [1.807, 2.05) is 0 Å². The Morgan fingerprint density at radius 2 is 1.70 bits per heavy atom. The molecule has 0 saturated heterocycles.